The fourth-order valence-corrected chi connectivity index (χ4v) is 4.88. The van der Waals surface area contributed by atoms with Crippen LogP contribution < -0.4 is 0 Å². The third kappa shape index (κ3) is 7.91. The molecule has 5 nitrogen and oxygen atoms in total. The lowest BCUT2D eigenvalue weighted by Gasteiger charge is -2.25. The summed E-state index contributed by atoms with van der Waals surface area (Å²) >= 11 is 0. The second-order valence-electron chi connectivity index (χ2n) is 9.78. The molecule has 1 heterocycles. The Morgan fingerprint density at radius 2 is 1.09 bits per heavy atom. The molecule has 1 aliphatic heterocycles. The van der Waals surface area contributed by atoms with Crippen molar-refractivity contribution in [2.45, 2.75) is 110 Å². The standard InChI is InChI=1S/C30H41NO4/c1-2-3-4-5-6-7-8-9-10-11-12-13-14-15-16-23-27(32)35-31-29(33)25-21-17-19-24-20-18-22-26(28(24)25)30(31)34/h17-22H,2-16,23H2,1H3. The van der Waals surface area contributed by atoms with Gasteiger partial charge in [-0.2, -0.15) is 0 Å². The second kappa shape index (κ2) is 14.7. The van der Waals surface area contributed by atoms with Crippen LogP contribution in [-0.2, 0) is 9.63 Å². The monoisotopic (exact) mass is 479 g/mol. The zero-order valence-electron chi connectivity index (χ0n) is 21.4. The predicted molar refractivity (Wildman–Crippen MR) is 140 cm³/mol. The van der Waals surface area contributed by atoms with Gasteiger partial charge in [-0.1, -0.05) is 126 Å². The molecule has 0 spiro atoms. The second-order valence-corrected chi connectivity index (χ2v) is 9.78. The van der Waals surface area contributed by atoms with Gasteiger partial charge in [-0.3, -0.25) is 9.59 Å². The van der Waals surface area contributed by atoms with Crippen LogP contribution in [0.4, 0.5) is 0 Å². The van der Waals surface area contributed by atoms with Gasteiger partial charge in [0.05, 0.1) is 11.1 Å². The number of hydrogen-bond donors (Lipinski definition) is 0. The number of carbonyl (C=O) groups excluding carboxylic acids is 3. The molecule has 0 radical (unpaired) electrons. The van der Waals surface area contributed by atoms with Crippen molar-refractivity contribution < 1.29 is 19.2 Å². The average Bonchev–Trinajstić information content (AvgIpc) is 2.87. The molecule has 0 fully saturated rings. The van der Waals surface area contributed by atoms with E-state index < -0.39 is 17.8 Å². The molecule has 35 heavy (non-hydrogen) atoms. The molecular formula is C30H41NO4. The van der Waals surface area contributed by atoms with Crippen molar-refractivity contribution in [3.05, 3.63) is 47.5 Å². The smallest absolute Gasteiger partial charge is 0.330 e. The van der Waals surface area contributed by atoms with Gasteiger partial charge in [0.25, 0.3) is 11.8 Å². The van der Waals surface area contributed by atoms with Crippen molar-refractivity contribution in [2.24, 2.45) is 0 Å². The number of carbonyl (C=O) groups is 3. The summed E-state index contributed by atoms with van der Waals surface area (Å²) < 4.78 is 0. The third-order valence-electron chi connectivity index (χ3n) is 6.91. The van der Waals surface area contributed by atoms with Gasteiger partial charge < -0.3 is 4.84 Å². The fourth-order valence-electron chi connectivity index (χ4n) is 4.88. The molecule has 3 rings (SSSR count). The number of rotatable bonds is 17. The van der Waals surface area contributed by atoms with Crippen LogP contribution in [0.2, 0.25) is 0 Å². The van der Waals surface area contributed by atoms with Crippen LogP contribution in [0, 0.1) is 0 Å². The van der Waals surface area contributed by atoms with Crippen molar-refractivity contribution in [3.8, 4) is 0 Å². The Morgan fingerprint density at radius 1 is 0.657 bits per heavy atom. The lowest BCUT2D eigenvalue weighted by atomic mass is 9.95. The molecule has 1 aliphatic rings. The van der Waals surface area contributed by atoms with E-state index >= 15 is 0 Å². The minimum atomic E-state index is -0.579. The lowest BCUT2D eigenvalue weighted by molar-refractivity contribution is -0.169. The highest BCUT2D eigenvalue weighted by Gasteiger charge is 2.35. The molecule has 0 aliphatic carbocycles. The summed E-state index contributed by atoms with van der Waals surface area (Å²) in [5.74, 6) is -1.69. The topological polar surface area (TPSA) is 63.7 Å². The summed E-state index contributed by atoms with van der Waals surface area (Å²) in [5.41, 5.74) is 0.773. The minimum absolute atomic E-state index is 0.209. The third-order valence-corrected chi connectivity index (χ3v) is 6.91. The number of hydrogen-bond acceptors (Lipinski definition) is 4. The van der Waals surface area contributed by atoms with E-state index in [0.29, 0.717) is 28.0 Å². The SMILES string of the molecule is CCCCCCCCCCCCCCCCCC(=O)ON1C(=O)c2cccc3cccc(c23)C1=O. The molecule has 0 bridgehead atoms. The van der Waals surface area contributed by atoms with E-state index in [2.05, 4.69) is 6.92 Å². The summed E-state index contributed by atoms with van der Waals surface area (Å²) in [5, 5.41) is 2.08. The van der Waals surface area contributed by atoms with Crippen LogP contribution >= 0.6 is 0 Å². The molecule has 2 aromatic rings. The van der Waals surface area contributed by atoms with E-state index in [1.807, 2.05) is 12.1 Å². The van der Waals surface area contributed by atoms with Crippen molar-refractivity contribution in [3.63, 3.8) is 0 Å². The van der Waals surface area contributed by atoms with E-state index in [9.17, 15) is 14.4 Å². The van der Waals surface area contributed by atoms with Crippen molar-refractivity contribution >= 4 is 28.6 Å². The molecule has 5 heteroatoms. The molecule has 2 aromatic carbocycles. The number of imide groups is 1. The zero-order valence-corrected chi connectivity index (χ0v) is 21.4. The van der Waals surface area contributed by atoms with Gasteiger partial charge in [0.15, 0.2) is 0 Å². The van der Waals surface area contributed by atoms with E-state index in [-0.39, 0.29) is 6.42 Å². The predicted octanol–water partition coefficient (Wildman–Crippen LogP) is 8.16. The van der Waals surface area contributed by atoms with E-state index in [4.69, 9.17) is 4.84 Å². The first-order valence-electron chi connectivity index (χ1n) is 13.7. The number of hydroxylamine groups is 2. The Balaban J connectivity index is 1.25. The summed E-state index contributed by atoms with van der Waals surface area (Å²) in [7, 11) is 0. The molecule has 0 saturated heterocycles. The van der Waals surface area contributed by atoms with Crippen molar-refractivity contribution in [1.29, 1.82) is 0 Å². The zero-order chi connectivity index (χ0) is 24.9. The fraction of sp³-hybridized carbons (Fsp3) is 0.567. The van der Waals surface area contributed by atoms with Gasteiger partial charge >= 0.3 is 5.97 Å². The van der Waals surface area contributed by atoms with Gasteiger partial charge in [-0.25, -0.2) is 4.79 Å². The molecule has 0 atom stereocenters. The van der Waals surface area contributed by atoms with Crippen LogP contribution in [0.3, 0.4) is 0 Å². The van der Waals surface area contributed by atoms with Crippen LogP contribution in [0.5, 0.6) is 0 Å². The molecule has 0 N–H and O–H groups in total. The first kappa shape index (κ1) is 26.9. The van der Waals surface area contributed by atoms with E-state index in [1.54, 1.807) is 24.3 Å². The van der Waals surface area contributed by atoms with Crippen molar-refractivity contribution in [2.75, 3.05) is 0 Å². The number of unbranched alkanes of at least 4 members (excludes halogenated alkanes) is 14. The number of amides is 2. The van der Waals surface area contributed by atoms with Crippen LogP contribution in [0.15, 0.2) is 36.4 Å². The normalized spacial score (nSPS) is 13.0. The molecule has 190 valence electrons. The highest BCUT2D eigenvalue weighted by molar-refractivity contribution is 6.25. The van der Waals surface area contributed by atoms with Crippen LogP contribution in [0.25, 0.3) is 10.8 Å². The minimum Gasteiger partial charge on any atom is -0.330 e. The lowest BCUT2D eigenvalue weighted by Crippen LogP contribution is -2.41. The Morgan fingerprint density at radius 3 is 1.54 bits per heavy atom. The molecule has 0 aromatic heterocycles. The maximum absolute atomic E-state index is 12.8. The molecule has 0 saturated carbocycles. The number of benzene rings is 2. The maximum Gasteiger partial charge on any atom is 0.333 e. The molecular weight excluding hydrogens is 438 g/mol. The van der Waals surface area contributed by atoms with E-state index in [1.165, 1.54) is 77.0 Å². The Hall–Kier alpha value is -2.69. The van der Waals surface area contributed by atoms with Crippen LogP contribution in [-0.4, -0.2) is 22.8 Å². The van der Waals surface area contributed by atoms with Gasteiger partial charge in [-0.05, 0) is 23.9 Å². The summed E-state index contributed by atoms with van der Waals surface area (Å²) in [6, 6.07) is 10.6. The van der Waals surface area contributed by atoms with E-state index in [0.717, 1.165) is 18.2 Å². The Bertz CT molecular complexity index is 933. The summed E-state index contributed by atoms with van der Waals surface area (Å²) in [4.78, 5) is 43.1. The highest BCUT2D eigenvalue weighted by atomic mass is 16.7. The maximum atomic E-state index is 12.8. The van der Waals surface area contributed by atoms with Gasteiger partial charge in [0.2, 0.25) is 0 Å². The molecule has 0 unspecified atom stereocenters. The Labute approximate surface area is 210 Å². The first-order chi connectivity index (χ1) is 17.1. The summed E-state index contributed by atoms with van der Waals surface area (Å²) in [6.07, 6.45) is 19.0. The Kier molecular flexibility index (Phi) is 11.3. The highest BCUT2D eigenvalue weighted by Crippen LogP contribution is 2.30. The first-order valence-corrected chi connectivity index (χ1v) is 13.7. The van der Waals surface area contributed by atoms with Gasteiger partial charge in [0.1, 0.15) is 0 Å². The van der Waals surface area contributed by atoms with Crippen LogP contribution in [0.1, 0.15) is 130 Å². The van der Waals surface area contributed by atoms with Gasteiger partial charge in [0, 0.05) is 11.8 Å². The summed E-state index contributed by atoms with van der Waals surface area (Å²) in [6.45, 7) is 2.26. The largest absolute Gasteiger partial charge is 0.333 e. The average molecular weight is 480 g/mol. The quantitative estimate of drug-likeness (QED) is 0.170. The molecule has 2 amide bonds. The number of nitrogens with zero attached hydrogens (tertiary/aromatic N) is 1. The van der Waals surface area contributed by atoms with Crippen molar-refractivity contribution in [1.82, 2.24) is 5.06 Å². The van der Waals surface area contributed by atoms with Gasteiger partial charge in [-0.15, -0.1) is 0 Å².